The van der Waals surface area contributed by atoms with Crippen LogP contribution in [-0.2, 0) is 6.54 Å². The van der Waals surface area contributed by atoms with E-state index >= 15 is 0 Å². The minimum absolute atomic E-state index is 0.212. The van der Waals surface area contributed by atoms with Crippen molar-refractivity contribution < 1.29 is 14.3 Å². The summed E-state index contributed by atoms with van der Waals surface area (Å²) in [6, 6.07) is 5.85. The van der Waals surface area contributed by atoms with E-state index in [1.54, 1.807) is 19.5 Å². The van der Waals surface area contributed by atoms with E-state index in [1.165, 1.54) is 12.8 Å². The summed E-state index contributed by atoms with van der Waals surface area (Å²) in [5, 5.41) is 1.00. The van der Waals surface area contributed by atoms with Crippen molar-refractivity contribution in [3.8, 4) is 11.5 Å². The molecule has 0 atom stereocenters. The van der Waals surface area contributed by atoms with Crippen molar-refractivity contribution >= 4 is 57.7 Å². The van der Waals surface area contributed by atoms with Gasteiger partial charge in [-0.25, -0.2) is 0 Å². The number of hydrogen-bond acceptors (Lipinski definition) is 6. The summed E-state index contributed by atoms with van der Waals surface area (Å²) in [7, 11) is 1.64. The second kappa shape index (κ2) is 11.4. The number of anilines is 1. The predicted molar refractivity (Wildman–Crippen MR) is 128 cm³/mol. The van der Waals surface area contributed by atoms with Gasteiger partial charge in [0.2, 0.25) is 4.45 Å². The Bertz CT molecular complexity index is 859. The lowest BCUT2D eigenvalue weighted by molar-refractivity contribution is 0.201. The number of pyridine rings is 1. The fourth-order valence-corrected chi connectivity index (χ4v) is 4.71. The Hall–Kier alpha value is -1.28. The maximum Gasteiger partial charge on any atom is 0.243 e. The van der Waals surface area contributed by atoms with Crippen LogP contribution in [0, 0.1) is 0 Å². The number of halogens is 2. The van der Waals surface area contributed by atoms with E-state index in [0.717, 1.165) is 41.6 Å². The van der Waals surface area contributed by atoms with Crippen LogP contribution in [0.1, 0.15) is 31.2 Å². The normalized spacial score (nSPS) is 14.0. The number of thioether (sulfide) groups is 1. The van der Waals surface area contributed by atoms with Gasteiger partial charge >= 0.3 is 0 Å². The van der Waals surface area contributed by atoms with E-state index in [2.05, 4.69) is 22.5 Å². The van der Waals surface area contributed by atoms with Gasteiger partial charge in [0.05, 0.1) is 23.3 Å². The fraction of sp³-hybridized carbons (Fsp3) is 0.429. The minimum Gasteiger partial charge on any atom is -0.493 e. The summed E-state index contributed by atoms with van der Waals surface area (Å²) in [4.78, 5) is 17.4. The van der Waals surface area contributed by atoms with Gasteiger partial charge in [0.25, 0.3) is 0 Å². The number of benzene rings is 1. The second-order valence-electron chi connectivity index (χ2n) is 6.98. The standard InChI is InChI=1S/C21H24Cl2N2O3S2/c1-27-19-7-6-14(10-20(19)28-15-4-2-3-5-15)25(8-9-30-21(26)29)13-16-17(22)11-24-12-18(16)23/h6-7,10-12,15H,2-5,8-9,13H2,1H3,(H,26,29). The fourth-order valence-electron chi connectivity index (χ4n) is 3.46. The molecule has 30 heavy (non-hydrogen) atoms. The Kier molecular flexibility index (Phi) is 8.86. The van der Waals surface area contributed by atoms with E-state index in [0.29, 0.717) is 34.6 Å². The number of carbonyl (C=O) groups excluding carboxylic acids is 1. The Morgan fingerprint density at radius 2 is 1.93 bits per heavy atom. The van der Waals surface area contributed by atoms with Crippen molar-refractivity contribution in [2.24, 2.45) is 0 Å². The molecule has 1 saturated carbocycles. The molecule has 5 nitrogen and oxygen atoms in total. The molecule has 2 aromatic rings. The summed E-state index contributed by atoms with van der Waals surface area (Å²) < 4.78 is 11.5. The summed E-state index contributed by atoms with van der Waals surface area (Å²) in [6.07, 6.45) is 7.86. The Labute approximate surface area is 196 Å². The van der Waals surface area contributed by atoms with Gasteiger partial charge in [-0.05, 0) is 37.8 Å². The van der Waals surface area contributed by atoms with Crippen LogP contribution < -0.4 is 14.4 Å². The summed E-state index contributed by atoms with van der Waals surface area (Å²) in [6.45, 7) is 1.07. The molecule has 1 aliphatic carbocycles. The SMILES string of the molecule is COc1ccc(N(CCSC(=O)S)Cc2c(Cl)cncc2Cl)cc1OC1CCCC1. The van der Waals surface area contributed by atoms with E-state index in [4.69, 9.17) is 32.7 Å². The average Bonchev–Trinajstić information content (AvgIpc) is 3.22. The number of rotatable bonds is 9. The van der Waals surface area contributed by atoms with Crippen molar-refractivity contribution in [1.82, 2.24) is 4.98 Å². The van der Waals surface area contributed by atoms with Gasteiger partial charge in [-0.15, -0.1) is 0 Å². The first-order chi connectivity index (χ1) is 14.5. The first-order valence-corrected chi connectivity index (χ1v) is 11.9. The lowest BCUT2D eigenvalue weighted by Crippen LogP contribution is -2.26. The van der Waals surface area contributed by atoms with Crippen LogP contribution >= 0.6 is 47.6 Å². The zero-order chi connectivity index (χ0) is 21.5. The molecule has 0 aliphatic heterocycles. The van der Waals surface area contributed by atoms with Crippen molar-refractivity contribution in [3.05, 3.63) is 46.2 Å². The highest BCUT2D eigenvalue weighted by Gasteiger charge is 2.20. The molecule has 3 rings (SSSR count). The molecule has 9 heteroatoms. The van der Waals surface area contributed by atoms with Crippen LogP contribution in [0.5, 0.6) is 11.5 Å². The molecule has 0 saturated heterocycles. The number of thiol groups is 1. The zero-order valence-electron chi connectivity index (χ0n) is 16.6. The highest BCUT2D eigenvalue weighted by Crippen LogP contribution is 2.36. The van der Waals surface area contributed by atoms with Crippen LogP contribution in [0.15, 0.2) is 30.6 Å². The molecule has 1 aromatic carbocycles. The maximum absolute atomic E-state index is 11.3. The van der Waals surface area contributed by atoms with Crippen molar-refractivity contribution in [2.45, 2.75) is 38.3 Å². The Balaban J connectivity index is 1.88. The highest BCUT2D eigenvalue weighted by atomic mass is 35.5. The molecule has 1 heterocycles. The Morgan fingerprint density at radius 1 is 1.23 bits per heavy atom. The molecule has 1 aliphatic rings. The third-order valence-corrected chi connectivity index (χ3v) is 6.67. The van der Waals surface area contributed by atoms with Crippen molar-refractivity contribution in [3.63, 3.8) is 0 Å². The number of carbonyl (C=O) groups is 1. The van der Waals surface area contributed by atoms with Gasteiger partial charge < -0.3 is 14.4 Å². The van der Waals surface area contributed by atoms with E-state index in [9.17, 15) is 4.79 Å². The monoisotopic (exact) mass is 486 g/mol. The van der Waals surface area contributed by atoms with Gasteiger partial charge in [0.15, 0.2) is 11.5 Å². The predicted octanol–water partition coefficient (Wildman–Crippen LogP) is 6.51. The molecule has 0 N–H and O–H groups in total. The topological polar surface area (TPSA) is 51.7 Å². The second-order valence-corrected chi connectivity index (χ2v) is 9.57. The number of methoxy groups -OCH3 is 1. The lowest BCUT2D eigenvalue weighted by atomic mass is 10.2. The van der Waals surface area contributed by atoms with Gasteiger partial charge in [0.1, 0.15) is 0 Å². The summed E-state index contributed by atoms with van der Waals surface area (Å²) in [5.74, 6) is 2.00. The van der Waals surface area contributed by atoms with E-state index in [-0.39, 0.29) is 10.6 Å². The molecule has 0 amide bonds. The molecule has 0 unspecified atom stereocenters. The maximum atomic E-state index is 11.3. The Morgan fingerprint density at radius 3 is 2.57 bits per heavy atom. The lowest BCUT2D eigenvalue weighted by Gasteiger charge is -2.27. The van der Waals surface area contributed by atoms with Crippen molar-refractivity contribution in [2.75, 3.05) is 24.3 Å². The van der Waals surface area contributed by atoms with Crippen LogP contribution in [0.3, 0.4) is 0 Å². The third-order valence-electron chi connectivity index (χ3n) is 5.00. The number of hydrogen-bond donors (Lipinski definition) is 1. The number of nitrogens with zero attached hydrogens (tertiary/aromatic N) is 2. The highest BCUT2D eigenvalue weighted by molar-refractivity contribution is 8.32. The first kappa shape index (κ1) is 23.4. The average molecular weight is 487 g/mol. The smallest absolute Gasteiger partial charge is 0.243 e. The summed E-state index contributed by atoms with van der Waals surface area (Å²) >= 11 is 17.7. The quantitative estimate of drug-likeness (QED) is 0.407. The molecule has 162 valence electrons. The van der Waals surface area contributed by atoms with Crippen LogP contribution in [0.25, 0.3) is 0 Å². The molecular weight excluding hydrogens is 463 g/mol. The van der Waals surface area contributed by atoms with Gasteiger partial charge in [0, 0.05) is 48.6 Å². The van der Waals surface area contributed by atoms with Gasteiger partial charge in [-0.2, -0.15) is 0 Å². The van der Waals surface area contributed by atoms with E-state index < -0.39 is 0 Å². The molecule has 1 fully saturated rings. The van der Waals surface area contributed by atoms with Gasteiger partial charge in [-0.3, -0.25) is 9.78 Å². The molecular formula is C21H24Cl2N2O3S2. The van der Waals surface area contributed by atoms with Crippen LogP contribution in [0.2, 0.25) is 10.0 Å². The van der Waals surface area contributed by atoms with E-state index in [1.807, 2.05) is 18.2 Å². The third kappa shape index (κ3) is 6.36. The first-order valence-electron chi connectivity index (χ1n) is 9.71. The molecule has 0 radical (unpaired) electrons. The van der Waals surface area contributed by atoms with Crippen LogP contribution in [0.4, 0.5) is 10.5 Å². The number of aromatic nitrogens is 1. The molecule has 1 aromatic heterocycles. The number of ether oxygens (including phenoxy) is 2. The largest absolute Gasteiger partial charge is 0.493 e. The zero-order valence-corrected chi connectivity index (χ0v) is 19.9. The molecule has 0 spiro atoms. The summed E-state index contributed by atoms with van der Waals surface area (Å²) in [5.41, 5.74) is 1.71. The molecule has 0 bridgehead atoms. The van der Waals surface area contributed by atoms with Crippen molar-refractivity contribution in [1.29, 1.82) is 0 Å². The minimum atomic E-state index is -0.213. The van der Waals surface area contributed by atoms with Gasteiger partial charge in [-0.1, -0.05) is 47.6 Å². The van der Waals surface area contributed by atoms with Crippen LogP contribution in [-0.4, -0.2) is 34.9 Å².